The summed E-state index contributed by atoms with van der Waals surface area (Å²) in [7, 11) is 0. The number of benzene rings is 2. The van der Waals surface area contributed by atoms with Crippen molar-refractivity contribution < 1.29 is 22.2 Å². The summed E-state index contributed by atoms with van der Waals surface area (Å²) in [6, 6.07) is 19.1. The Morgan fingerprint density at radius 2 is 1.07 bits per heavy atom. The molecule has 2 aromatic rings. The number of rotatable bonds is 5. The van der Waals surface area contributed by atoms with E-state index in [1.807, 2.05) is 50.3 Å². The van der Waals surface area contributed by atoms with Crippen LogP contribution in [0.25, 0.3) is 0 Å². The number of aromatic hydroxyl groups is 1. The predicted molar refractivity (Wildman–Crippen MR) is 106 cm³/mol. The molecule has 0 heterocycles. The van der Waals surface area contributed by atoms with Gasteiger partial charge in [-0.25, -0.2) is 0 Å². The first-order valence-corrected chi connectivity index (χ1v) is 8.76. The van der Waals surface area contributed by atoms with E-state index in [0.29, 0.717) is 5.75 Å². The summed E-state index contributed by atoms with van der Waals surface area (Å²) in [5.41, 5.74) is 2.47. The molecule has 2 fully saturated rings. The Morgan fingerprint density at radius 1 is 0.593 bits per heavy atom. The summed E-state index contributed by atoms with van der Waals surface area (Å²) in [5.74, 6) is 0.307. The number of hydrogen-bond donors (Lipinski definition) is 1. The average Bonchev–Trinajstić information content (AvgIpc) is 3.40. The Labute approximate surface area is 175 Å². The number of hydrogen-bond acceptors (Lipinski definition) is 2. The van der Waals surface area contributed by atoms with Crippen LogP contribution >= 0.6 is 0 Å². The van der Waals surface area contributed by atoms with Gasteiger partial charge < -0.3 is 5.11 Å². The van der Waals surface area contributed by atoms with Gasteiger partial charge in [0.1, 0.15) is 5.75 Å². The van der Waals surface area contributed by atoms with Crippen LogP contribution in [0.2, 0.25) is 0 Å². The van der Waals surface area contributed by atoms with Gasteiger partial charge in [0.05, 0.1) is 0 Å². The van der Waals surface area contributed by atoms with E-state index in [0.717, 1.165) is 13.1 Å². The van der Waals surface area contributed by atoms with Crippen molar-refractivity contribution in [2.75, 3.05) is 0 Å². The molecule has 3 heteroatoms. The zero-order chi connectivity index (χ0) is 18.0. The first-order valence-electron chi connectivity index (χ1n) is 8.76. The summed E-state index contributed by atoms with van der Waals surface area (Å²) in [4.78, 5) is 2.34. The SMILES string of the molecule is Oc1ccc(CN(Cc2ccccc2)[C]2[CH][CH][CH][CH]2)cc1.[CH]1[CH][CH][CH][CH]1.[Fe+2]. The molecule has 2 aliphatic rings. The molecule has 2 nitrogen and oxygen atoms in total. The van der Waals surface area contributed by atoms with E-state index in [9.17, 15) is 5.11 Å². The minimum atomic E-state index is 0. The van der Waals surface area contributed by atoms with Gasteiger partial charge in [-0.05, 0) is 81.0 Å². The molecule has 2 aromatic carbocycles. The van der Waals surface area contributed by atoms with Crippen LogP contribution in [0.1, 0.15) is 11.1 Å². The molecule has 2 aliphatic carbocycles. The van der Waals surface area contributed by atoms with Crippen LogP contribution in [0.5, 0.6) is 5.75 Å². The molecule has 0 saturated heterocycles. The Hall–Kier alpha value is -1.28. The quantitative estimate of drug-likeness (QED) is 0.735. The summed E-state index contributed by atoms with van der Waals surface area (Å²) in [5, 5.41) is 9.40. The maximum Gasteiger partial charge on any atom is 2.00 e. The van der Waals surface area contributed by atoms with E-state index >= 15 is 0 Å². The van der Waals surface area contributed by atoms with Crippen LogP contribution in [-0.2, 0) is 30.2 Å². The predicted octanol–water partition coefficient (Wildman–Crippen LogP) is 4.78. The fourth-order valence-corrected chi connectivity index (χ4v) is 2.76. The molecule has 0 spiro atoms. The molecule has 0 unspecified atom stereocenters. The topological polar surface area (TPSA) is 23.5 Å². The zero-order valence-electron chi connectivity index (χ0n) is 15.1. The van der Waals surface area contributed by atoms with Gasteiger partial charge in [0.15, 0.2) is 0 Å². The Bertz CT molecular complexity index is 611. The van der Waals surface area contributed by atoms with Gasteiger partial charge in [0, 0.05) is 19.1 Å². The molecule has 27 heavy (non-hydrogen) atoms. The van der Waals surface area contributed by atoms with Crippen LogP contribution in [0.4, 0.5) is 0 Å². The molecule has 4 rings (SSSR count). The molecule has 2 saturated carbocycles. The molecule has 0 aromatic heterocycles. The van der Waals surface area contributed by atoms with Crippen molar-refractivity contribution in [2.45, 2.75) is 13.1 Å². The fraction of sp³-hybridized carbons (Fsp3) is 0.0833. The second-order valence-electron chi connectivity index (χ2n) is 6.11. The van der Waals surface area contributed by atoms with Crippen molar-refractivity contribution in [3.05, 3.63) is 130 Å². The molecule has 0 aliphatic heterocycles. The monoisotopic (exact) mass is 397 g/mol. The third-order valence-electron chi connectivity index (χ3n) is 4.09. The van der Waals surface area contributed by atoms with Crippen molar-refractivity contribution in [3.63, 3.8) is 0 Å². The maximum absolute atomic E-state index is 9.40. The second-order valence-corrected chi connectivity index (χ2v) is 6.11. The van der Waals surface area contributed by atoms with E-state index < -0.39 is 0 Å². The van der Waals surface area contributed by atoms with Crippen molar-refractivity contribution >= 4 is 0 Å². The Kier molecular flexibility index (Phi) is 9.97. The third kappa shape index (κ3) is 7.70. The molecule has 0 bridgehead atoms. The first-order chi connectivity index (χ1) is 12.8. The van der Waals surface area contributed by atoms with E-state index in [1.165, 1.54) is 17.2 Å². The third-order valence-corrected chi connectivity index (χ3v) is 4.09. The Balaban J connectivity index is 0.000000379. The van der Waals surface area contributed by atoms with E-state index in [1.54, 1.807) is 12.1 Å². The standard InChI is InChI=1S/C19H18NO.C5H5.Fe/c21-19-12-10-17(11-13-19)15-20(18-8-4-5-9-18)14-16-6-2-1-3-7-16;1-2-4-5-3-1;/h1-13,21H,14-15H2;1-5H;/q;;+2. The first kappa shape index (κ1) is 22.0. The maximum atomic E-state index is 9.40. The van der Waals surface area contributed by atoms with Gasteiger partial charge in [-0.2, -0.15) is 0 Å². The van der Waals surface area contributed by atoms with Gasteiger partial charge in [-0.15, -0.1) is 0 Å². The molecule has 0 atom stereocenters. The van der Waals surface area contributed by atoms with Crippen LogP contribution in [0.3, 0.4) is 0 Å². The molecular weight excluding hydrogens is 374 g/mol. The molecule has 10 radical (unpaired) electrons. The van der Waals surface area contributed by atoms with E-state index in [4.69, 9.17) is 0 Å². The number of nitrogens with zero attached hydrogens (tertiary/aromatic N) is 1. The van der Waals surface area contributed by atoms with E-state index in [-0.39, 0.29) is 17.1 Å². The molecular formula is C24H23FeNO+2. The van der Waals surface area contributed by atoms with Crippen molar-refractivity contribution in [2.24, 2.45) is 0 Å². The minimum Gasteiger partial charge on any atom is -0.508 e. The molecule has 136 valence electrons. The van der Waals surface area contributed by atoms with Gasteiger partial charge >= 0.3 is 17.1 Å². The summed E-state index contributed by atoms with van der Waals surface area (Å²) < 4.78 is 0. The summed E-state index contributed by atoms with van der Waals surface area (Å²) in [6.45, 7) is 1.69. The zero-order valence-corrected chi connectivity index (χ0v) is 16.2. The largest absolute Gasteiger partial charge is 2.00 e. The second kappa shape index (κ2) is 12.2. The van der Waals surface area contributed by atoms with E-state index in [2.05, 4.69) is 54.8 Å². The van der Waals surface area contributed by atoms with Gasteiger partial charge in [0.25, 0.3) is 0 Å². The van der Waals surface area contributed by atoms with Crippen LogP contribution in [-0.4, -0.2) is 10.0 Å². The van der Waals surface area contributed by atoms with Crippen LogP contribution in [0.15, 0.2) is 54.6 Å². The fourth-order valence-electron chi connectivity index (χ4n) is 2.76. The van der Waals surface area contributed by atoms with Crippen molar-refractivity contribution in [1.82, 2.24) is 4.90 Å². The van der Waals surface area contributed by atoms with Crippen LogP contribution < -0.4 is 0 Å². The molecule has 0 amide bonds. The smallest absolute Gasteiger partial charge is 0.508 e. The minimum absolute atomic E-state index is 0. The van der Waals surface area contributed by atoms with Crippen molar-refractivity contribution in [1.29, 1.82) is 0 Å². The van der Waals surface area contributed by atoms with Gasteiger partial charge in [0.2, 0.25) is 0 Å². The van der Waals surface area contributed by atoms with Gasteiger partial charge in [-0.3, -0.25) is 4.90 Å². The van der Waals surface area contributed by atoms with Gasteiger partial charge in [-0.1, -0.05) is 42.5 Å². The normalized spacial score (nSPS) is 16.6. The number of phenols is 1. The average molecular weight is 397 g/mol. The summed E-state index contributed by atoms with van der Waals surface area (Å²) in [6.07, 6.45) is 18.4. The van der Waals surface area contributed by atoms with Crippen molar-refractivity contribution in [3.8, 4) is 5.75 Å². The molecule has 1 N–H and O–H groups in total. The number of phenolic OH excluding ortho intramolecular Hbond substituents is 1. The van der Waals surface area contributed by atoms with Crippen LogP contribution in [0, 0.1) is 63.8 Å². The Morgan fingerprint density at radius 3 is 1.59 bits per heavy atom. The summed E-state index contributed by atoms with van der Waals surface area (Å²) >= 11 is 0.